The molecule has 0 radical (unpaired) electrons. The van der Waals surface area contributed by atoms with E-state index in [4.69, 9.17) is 94.7 Å². The van der Waals surface area contributed by atoms with Gasteiger partial charge >= 0.3 is 0 Å². The molecule has 50 nitrogen and oxygen atoms in total. The second-order valence-corrected chi connectivity index (χ2v) is 29.5. The van der Waals surface area contributed by atoms with E-state index in [1.165, 1.54) is 10.9 Å². The van der Waals surface area contributed by atoms with Gasteiger partial charge in [-0.3, -0.25) is 0 Å². The van der Waals surface area contributed by atoms with Gasteiger partial charge in [-0.1, -0.05) is 29.7 Å². The van der Waals surface area contributed by atoms with Crippen molar-refractivity contribution < 1.29 is 217 Å². The molecule has 117 heavy (non-hydrogen) atoms. The molecule has 14 bridgehead atoms. The first-order valence-electron chi connectivity index (χ1n) is 38.6. The summed E-state index contributed by atoms with van der Waals surface area (Å²) in [6.45, 7) is -5.32. The number of nitrogens with zero attached hydrogens (tertiary/aromatic N) is 6. The smallest absolute Gasteiger partial charge is 0.187 e. The predicted octanol–water partition coefficient (Wildman–Crippen LogP) is -15.8. The van der Waals surface area contributed by atoms with E-state index in [0.717, 1.165) is 25.7 Å². The Morgan fingerprint density at radius 1 is 0.256 bits per heavy atom. The lowest BCUT2D eigenvalue weighted by Gasteiger charge is -2.50. The lowest BCUT2D eigenvalue weighted by atomic mass is 9.95. The summed E-state index contributed by atoms with van der Waals surface area (Å²) in [7, 11) is 0. The van der Waals surface area contributed by atoms with E-state index < -0.39 is 298 Å². The minimum atomic E-state index is -2.26. The Labute approximate surface area is 665 Å². The van der Waals surface area contributed by atoms with Gasteiger partial charge in [-0.25, -0.2) is 9.36 Å². The van der Waals surface area contributed by atoms with E-state index in [1.807, 2.05) is 0 Å². The Hall–Kier alpha value is -3.48. The summed E-state index contributed by atoms with van der Waals surface area (Å²) in [5.41, 5.74) is 0.855. The van der Waals surface area contributed by atoms with Crippen molar-refractivity contribution in [3.05, 3.63) is 23.8 Å². The van der Waals surface area contributed by atoms with Crippen molar-refractivity contribution in [3.8, 4) is 0 Å². The van der Waals surface area contributed by atoms with Gasteiger partial charge in [-0.2, -0.15) is 0 Å². The largest absolute Gasteiger partial charge is 0.394 e. The van der Waals surface area contributed by atoms with Crippen molar-refractivity contribution in [2.45, 2.75) is 304 Å². The standard InChI is InChI=1S/C67H112N6O44/c74-17-29-36(81)37(82)45(90)60(104-29)102-8-5-3-1-2-4-7-100-24-26-14-72(70-68-26)6-9-98-10-11-99-12-13-101-25-27-15-73(71-69-27)16-28-53-38(83)46(91)61(103-28)112-54-30(18-75)106-63(48(93)40(54)85)114-56-32(20-77)108-65(50(95)42(56)87)116-58-34(22-79)110-67(52(97)44(58)89)117-59-35(23-80)109-66(51(96)43(59)88)115-57-33(21-78)107-64(49(94)41(57)86)113-55-31(19-76)105-62(111-53)47(92)39(55)84/h14-15,28-67,74-97H,1-13,16-25H2/t28-,29-,30-,31-,32-,33-,34-,35-,36-,37+,38-,39-,40-,41-,42-,43-,44-,45+,46-,47-,48-,49-,50-,51-,52-,53-,54-,55-,56-,57-,58-,59-,60+,61-,62-,63-,64-,65-,66-,67-/m1/s1. The van der Waals surface area contributed by atoms with Crippen LogP contribution in [0.3, 0.4) is 0 Å². The zero-order valence-corrected chi connectivity index (χ0v) is 63.1. The molecule has 2 aromatic rings. The van der Waals surface area contributed by atoms with Gasteiger partial charge < -0.3 is 217 Å². The van der Waals surface area contributed by atoms with Crippen molar-refractivity contribution in [2.24, 2.45) is 0 Å². The van der Waals surface area contributed by atoms with Crippen LogP contribution in [0.1, 0.15) is 43.5 Å². The number of aromatic nitrogens is 6. The molecule has 2 aromatic heterocycles. The highest BCUT2D eigenvalue weighted by atomic mass is 16.8. The first kappa shape index (κ1) is 94.2. The van der Waals surface area contributed by atoms with E-state index >= 15 is 0 Å². The van der Waals surface area contributed by atoms with Gasteiger partial charge in [0.05, 0.1) is 118 Å². The molecule has 0 unspecified atom stereocenters. The number of ether oxygens (including phenoxy) is 20. The normalized spacial score (nSPS) is 44.5. The summed E-state index contributed by atoms with van der Waals surface area (Å²) in [4.78, 5) is 0. The van der Waals surface area contributed by atoms with Crippen molar-refractivity contribution in [1.29, 1.82) is 0 Å². The molecular formula is C67H112N6O44. The maximum absolute atomic E-state index is 12.1. The molecule has 22 aliphatic rings. The van der Waals surface area contributed by atoms with Crippen LogP contribution in [0, 0.1) is 0 Å². The van der Waals surface area contributed by atoms with Crippen LogP contribution in [0.2, 0.25) is 0 Å². The Morgan fingerprint density at radius 2 is 0.538 bits per heavy atom. The molecule has 50 heteroatoms. The summed E-state index contributed by atoms with van der Waals surface area (Å²) in [6.07, 6.45) is -70.9. The lowest BCUT2D eigenvalue weighted by Crippen LogP contribution is -2.68. The molecule has 674 valence electrons. The number of aliphatic hydroxyl groups excluding tert-OH is 24. The fourth-order valence-electron chi connectivity index (χ4n) is 14.8. The van der Waals surface area contributed by atoms with E-state index in [9.17, 15) is 123 Å². The van der Waals surface area contributed by atoms with Crippen LogP contribution < -0.4 is 0 Å². The third-order valence-corrected chi connectivity index (χ3v) is 21.4. The summed E-state index contributed by atoms with van der Waals surface area (Å²) < 4.78 is 119. The first-order chi connectivity index (χ1) is 56.3. The maximum atomic E-state index is 12.1. The fourth-order valence-corrected chi connectivity index (χ4v) is 14.8. The van der Waals surface area contributed by atoms with Gasteiger partial charge in [-0.05, 0) is 12.8 Å². The highest BCUT2D eigenvalue weighted by molar-refractivity contribution is 5.03. The van der Waals surface area contributed by atoms with Gasteiger partial charge in [0, 0.05) is 13.2 Å². The maximum Gasteiger partial charge on any atom is 0.187 e. The number of hydrogen-bond acceptors (Lipinski definition) is 48. The zero-order chi connectivity index (χ0) is 84.1. The van der Waals surface area contributed by atoms with Gasteiger partial charge in [0.15, 0.2) is 50.3 Å². The Morgan fingerprint density at radius 3 is 0.889 bits per heavy atom. The van der Waals surface area contributed by atoms with Gasteiger partial charge in [-0.15, -0.1) is 10.2 Å². The molecule has 0 spiro atoms. The van der Waals surface area contributed by atoms with Crippen LogP contribution in [-0.2, 0) is 121 Å². The molecule has 24 N–H and O–H groups in total. The molecule has 0 aromatic carbocycles. The van der Waals surface area contributed by atoms with Crippen LogP contribution in [-0.4, -0.2) is 491 Å². The second-order valence-electron chi connectivity index (χ2n) is 29.5. The van der Waals surface area contributed by atoms with Gasteiger partial charge in [0.25, 0.3) is 0 Å². The number of rotatable bonds is 31. The SMILES string of the molecule is OC[C@H]1O[C@H](OCCCCCCCOCc2cn(CCOCCOCCOCc3cn(C[C@H]4O[C@@H]5O[C@H]6[C@H](O)[C@@H](O)[C@@H](O[C@H]7[C@H](O)[C@@H](O)[C@@H](O[C@H]8[C@H](O)[C@@H](O)[C@@H](O[C@H]9[C@H](O)[C@@H](O)[C@@H](O[C@H]%10[C@H](O)[C@@H](O)[C@@H](O[C@H]%11[C@H](O)[C@@H](O)[C@@H](O[C@H]4[C@H](O)[C@H]5O)O[C@@H]%11CO)O[C@@H]%10CO)O[C@@H]9CO)O[C@@H]8CO)O[C@@H]7CO)O[C@@H]6CO)nn3)nn2)[C@@H](O)[C@@H](O)[C@@H]1O. The molecule has 40 atom stereocenters. The van der Waals surface area contributed by atoms with Crippen LogP contribution in [0.15, 0.2) is 12.4 Å². The Bertz CT molecular complexity index is 3170. The van der Waals surface area contributed by atoms with Crippen LogP contribution in [0.5, 0.6) is 0 Å². The average molecular weight is 1710 g/mol. The third-order valence-electron chi connectivity index (χ3n) is 21.4. The molecule has 22 saturated heterocycles. The molecule has 22 fully saturated rings. The first-order valence-corrected chi connectivity index (χ1v) is 38.6. The molecule has 24 heterocycles. The third kappa shape index (κ3) is 22.6. The van der Waals surface area contributed by atoms with Crippen LogP contribution >= 0.6 is 0 Å². The number of hydrogen-bond donors (Lipinski definition) is 24. The number of aliphatic hydroxyl groups is 24. The van der Waals surface area contributed by atoms with Crippen molar-refractivity contribution >= 4 is 0 Å². The minimum absolute atomic E-state index is 0.0631. The summed E-state index contributed by atoms with van der Waals surface area (Å²) in [5.74, 6) is 0. The molecule has 22 aliphatic heterocycles. The summed E-state index contributed by atoms with van der Waals surface area (Å²) in [5, 5.41) is 282. The molecule has 0 amide bonds. The van der Waals surface area contributed by atoms with Crippen molar-refractivity contribution in [1.82, 2.24) is 30.0 Å². The van der Waals surface area contributed by atoms with E-state index in [1.54, 1.807) is 10.9 Å². The van der Waals surface area contributed by atoms with Gasteiger partial charge in [0.2, 0.25) is 0 Å². The quantitative estimate of drug-likeness (QED) is 0.0312. The second kappa shape index (κ2) is 44.4. The van der Waals surface area contributed by atoms with E-state index in [0.29, 0.717) is 31.9 Å². The molecule has 0 aliphatic carbocycles. The van der Waals surface area contributed by atoms with Crippen molar-refractivity contribution in [2.75, 3.05) is 92.5 Å². The highest BCUT2D eigenvalue weighted by Gasteiger charge is 2.60. The Kier molecular flexibility index (Phi) is 35.8. The molecule has 24 rings (SSSR count). The highest BCUT2D eigenvalue weighted by Crippen LogP contribution is 2.40. The van der Waals surface area contributed by atoms with E-state index in [2.05, 4.69) is 20.6 Å². The topological polar surface area (TPSA) is 732 Å². The molecule has 0 saturated carbocycles. The summed E-state index contributed by atoms with van der Waals surface area (Å²) >= 11 is 0. The monoisotopic (exact) mass is 1700 g/mol. The summed E-state index contributed by atoms with van der Waals surface area (Å²) in [6, 6.07) is 0. The van der Waals surface area contributed by atoms with Crippen LogP contribution in [0.25, 0.3) is 0 Å². The zero-order valence-electron chi connectivity index (χ0n) is 63.1. The predicted molar refractivity (Wildman–Crippen MR) is 365 cm³/mol. The molecular weight excluding hydrogens is 1590 g/mol. The average Bonchev–Trinajstić information content (AvgIpc) is 1.41. The fraction of sp³-hybridized carbons (Fsp3) is 0.940. The Balaban J connectivity index is 0.703. The van der Waals surface area contributed by atoms with E-state index in [-0.39, 0.29) is 51.9 Å². The number of unbranched alkanes of at least 4 members (excludes halogenated alkanes) is 4. The van der Waals surface area contributed by atoms with Crippen molar-refractivity contribution in [3.63, 3.8) is 0 Å². The lowest BCUT2D eigenvalue weighted by molar-refractivity contribution is -0.396. The minimum Gasteiger partial charge on any atom is -0.394 e. The van der Waals surface area contributed by atoms with Gasteiger partial charge in [0.1, 0.15) is 207 Å². The van der Waals surface area contributed by atoms with Crippen LogP contribution in [0.4, 0.5) is 0 Å².